The van der Waals surface area contributed by atoms with Crippen LogP contribution in [0.4, 0.5) is 4.39 Å². The number of rotatable bonds is 6. The van der Waals surface area contributed by atoms with Crippen molar-refractivity contribution in [3.63, 3.8) is 0 Å². The molecule has 0 aromatic heterocycles. The van der Waals surface area contributed by atoms with E-state index in [9.17, 15) is 18.8 Å². The largest absolute Gasteiger partial charge is 0.481 e. The lowest BCUT2D eigenvalue weighted by molar-refractivity contribution is -0.132. The number of halogens is 2. The number of benzene rings is 2. The van der Waals surface area contributed by atoms with Gasteiger partial charge in [-0.2, -0.15) is 0 Å². The number of amides is 3. The van der Waals surface area contributed by atoms with E-state index in [1.54, 1.807) is 24.3 Å². The number of ether oxygens (including phenoxy) is 1. The smallest absolute Gasteiger partial charge is 0.279 e. The van der Waals surface area contributed by atoms with Gasteiger partial charge >= 0.3 is 0 Å². The molecule has 2 aromatic carbocycles. The van der Waals surface area contributed by atoms with Crippen LogP contribution in [0, 0.1) is 5.82 Å². The monoisotopic (exact) mass is 437 g/mol. The highest BCUT2D eigenvalue weighted by Gasteiger charge is 2.16. The van der Waals surface area contributed by atoms with Gasteiger partial charge in [-0.15, -0.1) is 0 Å². The molecule has 142 valence electrons. The molecule has 0 bridgehead atoms. The van der Waals surface area contributed by atoms with Crippen molar-refractivity contribution in [2.75, 3.05) is 6.54 Å². The second-order valence-electron chi connectivity index (χ2n) is 5.44. The van der Waals surface area contributed by atoms with Crippen LogP contribution < -0.4 is 20.9 Å². The Morgan fingerprint density at radius 3 is 2.48 bits per heavy atom. The van der Waals surface area contributed by atoms with E-state index in [1.165, 1.54) is 31.2 Å². The van der Waals surface area contributed by atoms with Crippen LogP contribution >= 0.6 is 15.9 Å². The van der Waals surface area contributed by atoms with Gasteiger partial charge in [0.25, 0.3) is 17.7 Å². The molecule has 0 saturated heterocycles. The second kappa shape index (κ2) is 9.67. The molecule has 1 atom stereocenters. The third kappa shape index (κ3) is 6.70. The average Bonchev–Trinajstić information content (AvgIpc) is 2.65. The van der Waals surface area contributed by atoms with Crippen molar-refractivity contribution in [2.45, 2.75) is 13.0 Å². The minimum atomic E-state index is -0.924. The van der Waals surface area contributed by atoms with Crippen LogP contribution in [0.1, 0.15) is 17.3 Å². The average molecular weight is 438 g/mol. The molecular formula is C18H17BrFN3O4. The maximum atomic E-state index is 12.8. The first-order valence-electron chi connectivity index (χ1n) is 7.90. The summed E-state index contributed by atoms with van der Waals surface area (Å²) in [7, 11) is 0. The summed E-state index contributed by atoms with van der Waals surface area (Å²) in [5, 5.41) is 2.43. The Labute approximate surface area is 163 Å². The van der Waals surface area contributed by atoms with Crippen molar-refractivity contribution in [1.29, 1.82) is 0 Å². The summed E-state index contributed by atoms with van der Waals surface area (Å²) in [5.74, 6) is -1.75. The fraction of sp³-hybridized carbons (Fsp3) is 0.167. The van der Waals surface area contributed by atoms with Crippen LogP contribution in [0.5, 0.6) is 5.75 Å². The first-order chi connectivity index (χ1) is 12.8. The molecule has 0 spiro atoms. The van der Waals surface area contributed by atoms with Gasteiger partial charge in [0.05, 0.1) is 6.54 Å². The van der Waals surface area contributed by atoms with E-state index in [2.05, 4.69) is 32.1 Å². The van der Waals surface area contributed by atoms with E-state index in [4.69, 9.17) is 4.74 Å². The zero-order valence-corrected chi connectivity index (χ0v) is 15.9. The second-order valence-corrected chi connectivity index (χ2v) is 6.36. The first-order valence-corrected chi connectivity index (χ1v) is 8.69. The number of hydrogen-bond acceptors (Lipinski definition) is 4. The van der Waals surface area contributed by atoms with Gasteiger partial charge < -0.3 is 10.1 Å². The summed E-state index contributed by atoms with van der Waals surface area (Å²) >= 11 is 3.25. The third-order valence-corrected chi connectivity index (χ3v) is 3.81. The van der Waals surface area contributed by atoms with E-state index >= 15 is 0 Å². The lowest BCUT2D eigenvalue weighted by Crippen LogP contribution is -2.50. The van der Waals surface area contributed by atoms with Crippen molar-refractivity contribution in [1.82, 2.24) is 16.2 Å². The van der Waals surface area contributed by atoms with Crippen LogP contribution in [-0.2, 0) is 9.59 Å². The standard InChI is InChI=1S/C18H17BrFN3O4/c1-11(27-15-7-5-14(20)6-8-15)17(25)23-22-16(24)10-21-18(26)12-3-2-4-13(19)9-12/h2-9,11H,10H2,1H3,(H,21,26)(H,22,24)(H,23,25). The van der Waals surface area contributed by atoms with Gasteiger partial charge in [-0.25, -0.2) is 4.39 Å². The zero-order chi connectivity index (χ0) is 19.8. The molecule has 0 saturated carbocycles. The Morgan fingerprint density at radius 1 is 1.11 bits per heavy atom. The van der Waals surface area contributed by atoms with Gasteiger partial charge in [0.1, 0.15) is 11.6 Å². The topological polar surface area (TPSA) is 96.5 Å². The molecule has 2 aromatic rings. The SMILES string of the molecule is CC(Oc1ccc(F)cc1)C(=O)NNC(=O)CNC(=O)c1cccc(Br)c1. The summed E-state index contributed by atoms with van der Waals surface area (Å²) in [6.07, 6.45) is -0.924. The Bertz CT molecular complexity index is 830. The maximum Gasteiger partial charge on any atom is 0.279 e. The number of nitrogens with one attached hydrogen (secondary N) is 3. The van der Waals surface area contributed by atoms with Crippen LogP contribution in [0.25, 0.3) is 0 Å². The van der Waals surface area contributed by atoms with Crippen molar-refractivity contribution in [3.8, 4) is 5.75 Å². The normalized spacial score (nSPS) is 11.2. The van der Waals surface area contributed by atoms with Crippen molar-refractivity contribution in [3.05, 3.63) is 64.4 Å². The van der Waals surface area contributed by atoms with Gasteiger partial charge in [-0.3, -0.25) is 25.2 Å². The lowest BCUT2D eigenvalue weighted by atomic mass is 10.2. The van der Waals surface area contributed by atoms with Gasteiger partial charge in [-0.1, -0.05) is 22.0 Å². The highest BCUT2D eigenvalue weighted by atomic mass is 79.9. The molecule has 1 unspecified atom stereocenters. The minimum Gasteiger partial charge on any atom is -0.481 e. The number of carbonyl (C=O) groups excluding carboxylic acids is 3. The maximum absolute atomic E-state index is 12.8. The van der Waals surface area contributed by atoms with E-state index in [0.29, 0.717) is 11.3 Å². The van der Waals surface area contributed by atoms with Crippen LogP contribution in [0.2, 0.25) is 0 Å². The van der Waals surface area contributed by atoms with Crippen molar-refractivity contribution >= 4 is 33.7 Å². The predicted molar refractivity (Wildman–Crippen MR) is 99.3 cm³/mol. The fourth-order valence-electron chi connectivity index (χ4n) is 1.94. The highest BCUT2D eigenvalue weighted by molar-refractivity contribution is 9.10. The molecule has 0 heterocycles. The molecular weight excluding hydrogens is 421 g/mol. The molecule has 0 aliphatic rings. The Kier molecular flexibility index (Phi) is 7.30. The van der Waals surface area contributed by atoms with E-state index < -0.39 is 29.6 Å². The summed E-state index contributed by atoms with van der Waals surface area (Å²) in [4.78, 5) is 35.6. The van der Waals surface area contributed by atoms with Gasteiger partial charge in [0.2, 0.25) is 0 Å². The molecule has 3 amide bonds. The Morgan fingerprint density at radius 2 is 1.81 bits per heavy atom. The molecule has 0 aliphatic carbocycles. The number of carbonyl (C=O) groups is 3. The molecule has 0 fully saturated rings. The summed E-state index contributed by atoms with van der Waals surface area (Å²) in [6.45, 7) is 1.15. The predicted octanol–water partition coefficient (Wildman–Crippen LogP) is 1.93. The Balaban J connectivity index is 1.73. The van der Waals surface area contributed by atoms with E-state index in [1.807, 2.05) is 0 Å². The first kappa shape index (κ1) is 20.4. The summed E-state index contributed by atoms with van der Waals surface area (Å²) in [6, 6.07) is 11.9. The molecule has 2 rings (SSSR count). The van der Waals surface area contributed by atoms with Crippen LogP contribution in [0.15, 0.2) is 53.0 Å². The molecule has 0 radical (unpaired) electrons. The minimum absolute atomic E-state index is 0.312. The molecule has 3 N–H and O–H groups in total. The Hall–Kier alpha value is -2.94. The molecule has 9 heteroatoms. The number of hydrogen-bond donors (Lipinski definition) is 3. The third-order valence-electron chi connectivity index (χ3n) is 3.32. The molecule has 0 aliphatic heterocycles. The van der Waals surface area contributed by atoms with Crippen molar-refractivity contribution in [2.24, 2.45) is 0 Å². The molecule has 7 nitrogen and oxygen atoms in total. The van der Waals surface area contributed by atoms with E-state index in [0.717, 1.165) is 4.47 Å². The fourth-order valence-corrected chi connectivity index (χ4v) is 2.34. The number of hydrazine groups is 1. The highest BCUT2D eigenvalue weighted by Crippen LogP contribution is 2.13. The van der Waals surface area contributed by atoms with Gasteiger partial charge in [0.15, 0.2) is 6.10 Å². The van der Waals surface area contributed by atoms with Crippen LogP contribution in [-0.4, -0.2) is 30.4 Å². The quantitative estimate of drug-likeness (QED) is 0.601. The summed E-state index contributed by atoms with van der Waals surface area (Å²) in [5.41, 5.74) is 4.76. The van der Waals surface area contributed by atoms with Crippen molar-refractivity contribution < 1.29 is 23.5 Å². The zero-order valence-electron chi connectivity index (χ0n) is 14.3. The summed E-state index contributed by atoms with van der Waals surface area (Å²) < 4.78 is 18.9. The molecule has 27 heavy (non-hydrogen) atoms. The van der Waals surface area contributed by atoms with Gasteiger partial charge in [0, 0.05) is 10.0 Å². The van der Waals surface area contributed by atoms with Gasteiger partial charge in [-0.05, 0) is 49.4 Å². The van der Waals surface area contributed by atoms with Crippen LogP contribution in [0.3, 0.4) is 0 Å². The lowest BCUT2D eigenvalue weighted by Gasteiger charge is -2.15. The van der Waals surface area contributed by atoms with E-state index in [-0.39, 0.29) is 6.54 Å².